The third-order valence-corrected chi connectivity index (χ3v) is 6.16. The standard InChI is InChI=1S/C24H21N3O4/c28-18-6-7-19-20(12-18)24(31-22(19)30)10-8-16(9-11-24)21(29)27-23-25-13-17(14-26-23)15-4-2-1-3-5-15/h1-7,12-14,16,28H,8-11H2,(H,25,26,27,29). The van der Waals surface area contributed by atoms with E-state index in [9.17, 15) is 14.7 Å². The smallest absolute Gasteiger partial charge is 0.339 e. The minimum absolute atomic E-state index is 0.104. The van der Waals surface area contributed by atoms with E-state index in [0.29, 0.717) is 31.2 Å². The highest BCUT2D eigenvalue weighted by atomic mass is 16.6. The number of phenols is 1. The Hall–Kier alpha value is -3.74. The number of aromatic nitrogens is 2. The molecular weight excluding hydrogens is 394 g/mol. The van der Waals surface area contributed by atoms with Crippen LogP contribution in [0.5, 0.6) is 5.75 Å². The molecule has 1 saturated carbocycles. The van der Waals surface area contributed by atoms with Crippen LogP contribution in [0, 0.1) is 5.92 Å². The second-order valence-corrected chi connectivity index (χ2v) is 8.04. The van der Waals surface area contributed by atoms with Gasteiger partial charge in [-0.3, -0.25) is 10.1 Å². The normalized spacial score (nSPS) is 22.1. The van der Waals surface area contributed by atoms with Crippen LogP contribution < -0.4 is 5.32 Å². The zero-order valence-electron chi connectivity index (χ0n) is 16.7. The molecule has 5 rings (SSSR count). The number of hydrogen-bond acceptors (Lipinski definition) is 6. The van der Waals surface area contributed by atoms with Crippen molar-refractivity contribution in [3.8, 4) is 16.9 Å². The molecule has 7 nitrogen and oxygen atoms in total. The summed E-state index contributed by atoms with van der Waals surface area (Å²) in [5.41, 5.74) is 2.35. The van der Waals surface area contributed by atoms with Crippen LogP contribution in [0.3, 0.4) is 0 Å². The summed E-state index contributed by atoms with van der Waals surface area (Å²) in [6.45, 7) is 0. The average Bonchev–Trinajstić information content (AvgIpc) is 3.05. The van der Waals surface area contributed by atoms with Crippen molar-refractivity contribution in [3.63, 3.8) is 0 Å². The van der Waals surface area contributed by atoms with Crippen molar-refractivity contribution < 1.29 is 19.4 Å². The molecule has 2 aliphatic rings. The zero-order chi connectivity index (χ0) is 21.4. The predicted octanol–water partition coefficient (Wildman–Crippen LogP) is 4.04. The minimum Gasteiger partial charge on any atom is -0.508 e. The minimum atomic E-state index is -0.754. The van der Waals surface area contributed by atoms with Gasteiger partial charge in [0.25, 0.3) is 0 Å². The highest BCUT2D eigenvalue weighted by Crippen LogP contribution is 2.49. The number of rotatable bonds is 3. The number of carbonyl (C=O) groups is 2. The van der Waals surface area contributed by atoms with Gasteiger partial charge in [-0.25, -0.2) is 14.8 Å². The van der Waals surface area contributed by atoms with Crippen LogP contribution >= 0.6 is 0 Å². The summed E-state index contributed by atoms with van der Waals surface area (Å²) in [6.07, 6.45) is 5.57. The first-order valence-electron chi connectivity index (χ1n) is 10.3. The van der Waals surface area contributed by atoms with E-state index >= 15 is 0 Å². The first-order chi connectivity index (χ1) is 15.0. The van der Waals surface area contributed by atoms with Gasteiger partial charge < -0.3 is 9.84 Å². The zero-order valence-corrected chi connectivity index (χ0v) is 16.7. The van der Waals surface area contributed by atoms with Crippen LogP contribution in [0.2, 0.25) is 0 Å². The first-order valence-corrected chi connectivity index (χ1v) is 10.3. The van der Waals surface area contributed by atoms with E-state index in [2.05, 4.69) is 15.3 Å². The van der Waals surface area contributed by atoms with E-state index in [-0.39, 0.29) is 29.5 Å². The van der Waals surface area contributed by atoms with Crippen molar-refractivity contribution in [3.05, 3.63) is 72.1 Å². The van der Waals surface area contributed by atoms with Gasteiger partial charge in [0.2, 0.25) is 11.9 Å². The molecule has 1 amide bonds. The number of amides is 1. The van der Waals surface area contributed by atoms with Gasteiger partial charge in [0.15, 0.2) is 0 Å². The Balaban J connectivity index is 1.24. The third-order valence-electron chi connectivity index (χ3n) is 6.16. The van der Waals surface area contributed by atoms with E-state index < -0.39 is 5.60 Å². The molecule has 0 radical (unpaired) electrons. The number of carbonyl (C=O) groups excluding carboxylic acids is 2. The van der Waals surface area contributed by atoms with E-state index in [1.165, 1.54) is 6.07 Å². The fourth-order valence-corrected chi connectivity index (χ4v) is 4.48. The second-order valence-electron chi connectivity index (χ2n) is 8.04. The quantitative estimate of drug-likeness (QED) is 0.626. The summed E-state index contributed by atoms with van der Waals surface area (Å²) in [4.78, 5) is 33.5. The molecule has 0 atom stereocenters. The van der Waals surface area contributed by atoms with Crippen molar-refractivity contribution in [1.82, 2.24) is 9.97 Å². The summed E-state index contributed by atoms with van der Waals surface area (Å²) >= 11 is 0. The molecule has 3 aromatic rings. The lowest BCUT2D eigenvalue weighted by molar-refractivity contribution is -0.122. The largest absolute Gasteiger partial charge is 0.508 e. The molecule has 2 N–H and O–H groups in total. The number of fused-ring (bicyclic) bond motifs is 2. The Bertz CT molecular complexity index is 1140. The molecule has 0 saturated heterocycles. The maximum absolute atomic E-state index is 12.8. The molecule has 2 aromatic carbocycles. The Morgan fingerprint density at radius 1 is 1.03 bits per heavy atom. The molecule has 1 aliphatic heterocycles. The van der Waals surface area contributed by atoms with Crippen molar-refractivity contribution in [2.45, 2.75) is 31.3 Å². The highest BCUT2D eigenvalue weighted by Gasteiger charge is 2.48. The topological polar surface area (TPSA) is 101 Å². The monoisotopic (exact) mass is 415 g/mol. The molecule has 2 heterocycles. The molecule has 1 spiro atoms. The molecule has 31 heavy (non-hydrogen) atoms. The lowest BCUT2D eigenvalue weighted by Gasteiger charge is -2.35. The van der Waals surface area contributed by atoms with E-state index in [4.69, 9.17) is 4.74 Å². The van der Waals surface area contributed by atoms with Gasteiger partial charge >= 0.3 is 5.97 Å². The molecule has 1 aromatic heterocycles. The highest BCUT2D eigenvalue weighted by molar-refractivity contribution is 5.95. The number of hydrogen-bond donors (Lipinski definition) is 2. The van der Waals surface area contributed by atoms with E-state index in [1.54, 1.807) is 24.5 Å². The summed E-state index contributed by atoms with van der Waals surface area (Å²) in [5.74, 6) is -0.351. The fourth-order valence-electron chi connectivity index (χ4n) is 4.48. The number of esters is 1. The molecular formula is C24H21N3O4. The van der Waals surface area contributed by atoms with Gasteiger partial charge in [0.1, 0.15) is 11.4 Å². The number of nitrogens with zero attached hydrogens (tertiary/aromatic N) is 2. The SMILES string of the molecule is O=C1OC2(CCC(C(=O)Nc3ncc(-c4ccccc4)cn3)CC2)c2cc(O)ccc21. The number of ether oxygens (including phenoxy) is 1. The fraction of sp³-hybridized carbons (Fsp3) is 0.250. The average molecular weight is 415 g/mol. The maximum Gasteiger partial charge on any atom is 0.339 e. The van der Waals surface area contributed by atoms with Crippen LogP contribution in [0.15, 0.2) is 60.9 Å². The Labute approximate surface area is 179 Å². The van der Waals surface area contributed by atoms with Crippen molar-refractivity contribution >= 4 is 17.8 Å². The van der Waals surface area contributed by atoms with Crippen LogP contribution in [0.4, 0.5) is 5.95 Å². The molecule has 1 fully saturated rings. The van der Waals surface area contributed by atoms with Gasteiger partial charge in [-0.1, -0.05) is 30.3 Å². The van der Waals surface area contributed by atoms with Crippen molar-refractivity contribution in [2.24, 2.45) is 5.92 Å². The molecule has 156 valence electrons. The second kappa shape index (κ2) is 7.50. The molecule has 7 heteroatoms. The van der Waals surface area contributed by atoms with Crippen molar-refractivity contribution in [2.75, 3.05) is 5.32 Å². The van der Waals surface area contributed by atoms with Gasteiger partial charge in [-0.15, -0.1) is 0 Å². The molecule has 1 aliphatic carbocycles. The van der Waals surface area contributed by atoms with E-state index in [0.717, 1.165) is 16.7 Å². The first kappa shape index (κ1) is 19.2. The number of anilines is 1. The lowest BCUT2D eigenvalue weighted by Crippen LogP contribution is -2.36. The number of phenolic OH excluding ortho intramolecular Hbond substituents is 1. The van der Waals surface area contributed by atoms with Crippen LogP contribution in [0.1, 0.15) is 41.6 Å². The Morgan fingerprint density at radius 2 is 1.74 bits per heavy atom. The van der Waals surface area contributed by atoms with Crippen LogP contribution in [-0.4, -0.2) is 27.0 Å². The number of nitrogens with one attached hydrogen (secondary N) is 1. The predicted molar refractivity (Wildman–Crippen MR) is 113 cm³/mol. The Kier molecular flexibility index (Phi) is 4.66. The third kappa shape index (κ3) is 3.52. The van der Waals surface area contributed by atoms with Crippen LogP contribution in [-0.2, 0) is 15.1 Å². The molecule has 0 bridgehead atoms. The summed E-state index contributed by atoms with van der Waals surface area (Å²) in [5, 5.41) is 12.6. The van der Waals surface area contributed by atoms with E-state index in [1.807, 2.05) is 30.3 Å². The summed E-state index contributed by atoms with van der Waals surface area (Å²) in [7, 11) is 0. The Morgan fingerprint density at radius 3 is 2.45 bits per heavy atom. The summed E-state index contributed by atoms with van der Waals surface area (Å²) < 4.78 is 5.71. The van der Waals surface area contributed by atoms with Gasteiger partial charge in [-0.05, 0) is 49.4 Å². The van der Waals surface area contributed by atoms with Gasteiger partial charge in [0, 0.05) is 29.4 Å². The molecule has 0 unspecified atom stereocenters. The lowest BCUT2D eigenvalue weighted by atomic mass is 9.74. The van der Waals surface area contributed by atoms with Crippen molar-refractivity contribution in [1.29, 1.82) is 0 Å². The summed E-state index contributed by atoms with van der Waals surface area (Å²) in [6, 6.07) is 14.5. The van der Waals surface area contributed by atoms with Gasteiger partial charge in [0.05, 0.1) is 5.56 Å². The maximum atomic E-state index is 12.8. The number of benzene rings is 2. The number of aromatic hydroxyl groups is 1. The van der Waals surface area contributed by atoms with Gasteiger partial charge in [-0.2, -0.15) is 0 Å². The van der Waals surface area contributed by atoms with Crippen LogP contribution in [0.25, 0.3) is 11.1 Å².